The molecule has 0 aliphatic rings. The van der Waals surface area contributed by atoms with Gasteiger partial charge < -0.3 is 16.0 Å². The average molecular weight is 367 g/mol. The third kappa shape index (κ3) is 7.13. The number of carbonyl (C=O) groups is 2. The van der Waals surface area contributed by atoms with Crippen molar-refractivity contribution >= 4 is 23.2 Å². The van der Waals surface area contributed by atoms with E-state index in [0.29, 0.717) is 12.3 Å². The molecule has 0 aliphatic carbocycles. The molecule has 0 fully saturated rings. The Morgan fingerprint density at radius 1 is 0.889 bits per heavy atom. The zero-order valence-electron chi connectivity index (χ0n) is 16.3. The van der Waals surface area contributed by atoms with Crippen molar-refractivity contribution in [3.05, 3.63) is 60.2 Å². The van der Waals surface area contributed by atoms with E-state index < -0.39 is 0 Å². The SMILES string of the molecule is CCC(NC(=O)CNc1ccc(NC(=O)CC(C)C)cc1)c1ccccc1. The van der Waals surface area contributed by atoms with Gasteiger partial charge in [-0.1, -0.05) is 51.1 Å². The van der Waals surface area contributed by atoms with Gasteiger partial charge in [0.05, 0.1) is 12.6 Å². The largest absolute Gasteiger partial charge is 0.376 e. The summed E-state index contributed by atoms with van der Waals surface area (Å²) in [6, 6.07) is 17.3. The van der Waals surface area contributed by atoms with E-state index in [4.69, 9.17) is 0 Å². The Morgan fingerprint density at radius 3 is 2.11 bits per heavy atom. The number of hydrogen-bond acceptors (Lipinski definition) is 3. The van der Waals surface area contributed by atoms with Crippen LogP contribution >= 0.6 is 0 Å². The van der Waals surface area contributed by atoms with Crippen molar-refractivity contribution in [3.8, 4) is 0 Å². The normalized spacial score (nSPS) is 11.7. The molecule has 0 aliphatic heterocycles. The minimum atomic E-state index is -0.0555. The minimum absolute atomic E-state index is 0.0107. The summed E-state index contributed by atoms with van der Waals surface area (Å²) in [5.41, 5.74) is 2.69. The molecule has 0 bridgehead atoms. The Kier molecular flexibility index (Phi) is 7.86. The molecule has 5 nitrogen and oxygen atoms in total. The number of carbonyl (C=O) groups excluding carboxylic acids is 2. The highest BCUT2D eigenvalue weighted by Crippen LogP contribution is 2.16. The number of nitrogens with one attached hydrogen (secondary N) is 3. The topological polar surface area (TPSA) is 70.2 Å². The molecule has 0 radical (unpaired) electrons. The van der Waals surface area contributed by atoms with Crippen molar-refractivity contribution < 1.29 is 9.59 Å². The summed E-state index contributed by atoms with van der Waals surface area (Å²) in [7, 11) is 0. The summed E-state index contributed by atoms with van der Waals surface area (Å²) < 4.78 is 0. The maximum Gasteiger partial charge on any atom is 0.239 e. The Bertz CT molecular complexity index is 727. The summed E-state index contributed by atoms with van der Waals surface area (Å²) in [5.74, 6) is 0.281. The molecular formula is C22H29N3O2. The second-order valence-electron chi connectivity index (χ2n) is 7.02. The highest BCUT2D eigenvalue weighted by Gasteiger charge is 2.12. The molecule has 2 aromatic rings. The Morgan fingerprint density at radius 2 is 1.52 bits per heavy atom. The number of rotatable bonds is 9. The molecule has 2 rings (SSSR count). The zero-order valence-corrected chi connectivity index (χ0v) is 16.3. The van der Waals surface area contributed by atoms with Gasteiger partial charge >= 0.3 is 0 Å². The van der Waals surface area contributed by atoms with Crippen LogP contribution in [0.1, 0.15) is 45.2 Å². The number of anilines is 2. The van der Waals surface area contributed by atoms with Crippen LogP contribution in [0.3, 0.4) is 0 Å². The molecule has 0 spiro atoms. The first-order valence-corrected chi connectivity index (χ1v) is 9.46. The lowest BCUT2D eigenvalue weighted by Crippen LogP contribution is -2.33. The van der Waals surface area contributed by atoms with Crippen molar-refractivity contribution in [1.82, 2.24) is 5.32 Å². The molecule has 2 aromatic carbocycles. The fraction of sp³-hybridized carbons (Fsp3) is 0.364. The molecule has 0 heterocycles. The smallest absolute Gasteiger partial charge is 0.239 e. The van der Waals surface area contributed by atoms with Crippen LogP contribution in [0.5, 0.6) is 0 Å². The third-order valence-electron chi connectivity index (χ3n) is 4.16. The molecule has 144 valence electrons. The quantitative estimate of drug-likeness (QED) is 0.617. The van der Waals surface area contributed by atoms with Crippen molar-refractivity contribution in [2.24, 2.45) is 5.92 Å². The number of hydrogen-bond donors (Lipinski definition) is 3. The van der Waals surface area contributed by atoms with E-state index in [-0.39, 0.29) is 24.4 Å². The lowest BCUT2D eigenvalue weighted by molar-refractivity contribution is -0.120. The van der Waals surface area contributed by atoms with Crippen molar-refractivity contribution in [3.63, 3.8) is 0 Å². The van der Waals surface area contributed by atoms with Crippen LogP contribution in [0.15, 0.2) is 54.6 Å². The lowest BCUT2D eigenvalue weighted by atomic mass is 10.0. The third-order valence-corrected chi connectivity index (χ3v) is 4.16. The van der Waals surface area contributed by atoms with Crippen LogP contribution in [0, 0.1) is 5.92 Å². The number of amides is 2. The minimum Gasteiger partial charge on any atom is -0.376 e. The van der Waals surface area contributed by atoms with Gasteiger partial charge in [0.15, 0.2) is 0 Å². The van der Waals surface area contributed by atoms with Crippen LogP contribution < -0.4 is 16.0 Å². The van der Waals surface area contributed by atoms with Gasteiger partial charge in [-0.3, -0.25) is 9.59 Å². The monoisotopic (exact) mass is 367 g/mol. The molecule has 27 heavy (non-hydrogen) atoms. The van der Waals surface area contributed by atoms with Crippen LogP contribution in [-0.4, -0.2) is 18.4 Å². The predicted octanol–water partition coefficient (Wildman–Crippen LogP) is 4.35. The lowest BCUT2D eigenvalue weighted by Gasteiger charge is -2.18. The second-order valence-corrected chi connectivity index (χ2v) is 7.02. The highest BCUT2D eigenvalue weighted by molar-refractivity contribution is 5.91. The molecular weight excluding hydrogens is 338 g/mol. The summed E-state index contributed by atoms with van der Waals surface area (Å²) in [6.45, 7) is 6.27. The summed E-state index contributed by atoms with van der Waals surface area (Å²) in [5, 5.41) is 9.03. The maximum atomic E-state index is 12.2. The van der Waals surface area contributed by atoms with Crippen molar-refractivity contribution in [1.29, 1.82) is 0 Å². The molecule has 0 aromatic heterocycles. The molecule has 0 saturated heterocycles. The van der Waals surface area contributed by atoms with E-state index in [1.165, 1.54) is 0 Å². The van der Waals surface area contributed by atoms with Gasteiger partial charge in [0, 0.05) is 17.8 Å². The standard InChI is InChI=1S/C22H29N3O2/c1-4-20(17-8-6-5-7-9-17)25-22(27)15-23-18-10-12-19(13-11-18)24-21(26)14-16(2)3/h5-13,16,20,23H,4,14-15H2,1-3H3,(H,24,26)(H,25,27). The van der Waals surface area contributed by atoms with Crippen LogP contribution in [0.4, 0.5) is 11.4 Å². The predicted molar refractivity (Wildman–Crippen MR) is 111 cm³/mol. The summed E-state index contributed by atoms with van der Waals surface area (Å²) in [6.07, 6.45) is 1.33. The van der Waals surface area contributed by atoms with Gasteiger partial charge in [-0.15, -0.1) is 0 Å². The second kappa shape index (κ2) is 10.4. The fourth-order valence-electron chi connectivity index (χ4n) is 2.79. The first-order chi connectivity index (χ1) is 13.0. The summed E-state index contributed by atoms with van der Waals surface area (Å²) in [4.78, 5) is 24.0. The first-order valence-electron chi connectivity index (χ1n) is 9.46. The fourth-order valence-corrected chi connectivity index (χ4v) is 2.79. The Balaban J connectivity index is 1.81. The van der Waals surface area contributed by atoms with E-state index in [9.17, 15) is 9.59 Å². The summed E-state index contributed by atoms with van der Waals surface area (Å²) >= 11 is 0. The highest BCUT2D eigenvalue weighted by atomic mass is 16.2. The molecule has 1 unspecified atom stereocenters. The molecule has 5 heteroatoms. The van der Waals surface area contributed by atoms with E-state index in [0.717, 1.165) is 23.4 Å². The molecule has 2 amide bonds. The van der Waals surface area contributed by atoms with E-state index in [1.807, 2.05) is 68.4 Å². The van der Waals surface area contributed by atoms with Crippen molar-refractivity contribution in [2.45, 2.75) is 39.7 Å². The van der Waals surface area contributed by atoms with Gasteiger partial charge in [-0.05, 0) is 42.2 Å². The van der Waals surface area contributed by atoms with E-state index in [2.05, 4.69) is 22.9 Å². The van der Waals surface area contributed by atoms with Crippen molar-refractivity contribution in [2.75, 3.05) is 17.2 Å². The van der Waals surface area contributed by atoms with Gasteiger partial charge in [0.25, 0.3) is 0 Å². The Labute approximate surface area is 161 Å². The molecule has 0 saturated carbocycles. The van der Waals surface area contributed by atoms with E-state index >= 15 is 0 Å². The van der Waals surface area contributed by atoms with Gasteiger partial charge in [0.2, 0.25) is 11.8 Å². The zero-order chi connectivity index (χ0) is 19.6. The average Bonchev–Trinajstić information content (AvgIpc) is 2.65. The maximum absolute atomic E-state index is 12.2. The molecule has 3 N–H and O–H groups in total. The van der Waals surface area contributed by atoms with Gasteiger partial charge in [-0.2, -0.15) is 0 Å². The van der Waals surface area contributed by atoms with E-state index in [1.54, 1.807) is 0 Å². The van der Waals surface area contributed by atoms with Crippen LogP contribution in [0.2, 0.25) is 0 Å². The van der Waals surface area contributed by atoms with Gasteiger partial charge in [0.1, 0.15) is 0 Å². The first kappa shape index (κ1) is 20.5. The van der Waals surface area contributed by atoms with Crippen LogP contribution in [-0.2, 0) is 9.59 Å². The number of benzene rings is 2. The van der Waals surface area contributed by atoms with Crippen LogP contribution in [0.25, 0.3) is 0 Å². The molecule has 1 atom stereocenters. The Hall–Kier alpha value is -2.82. The van der Waals surface area contributed by atoms with Gasteiger partial charge in [-0.25, -0.2) is 0 Å².